The van der Waals surface area contributed by atoms with Gasteiger partial charge in [0.15, 0.2) is 0 Å². The molecule has 0 aromatic carbocycles. The third-order valence-corrected chi connectivity index (χ3v) is 4.47. The van der Waals surface area contributed by atoms with Crippen LogP contribution in [0.2, 0.25) is 0 Å². The molecule has 0 aromatic heterocycles. The van der Waals surface area contributed by atoms with E-state index in [1.54, 1.807) is 6.92 Å². The van der Waals surface area contributed by atoms with E-state index >= 15 is 0 Å². The van der Waals surface area contributed by atoms with Crippen LogP contribution in [0.1, 0.15) is 46.5 Å². The van der Waals surface area contributed by atoms with Gasteiger partial charge in [-0.05, 0) is 45.1 Å². The van der Waals surface area contributed by atoms with E-state index < -0.39 is 0 Å². The molecule has 0 aromatic rings. The quantitative estimate of drug-likeness (QED) is 0.752. The molecule has 2 fully saturated rings. The second kappa shape index (κ2) is 5.38. The van der Waals surface area contributed by atoms with E-state index in [1.807, 2.05) is 0 Å². The average Bonchev–Trinajstić information content (AvgIpc) is 2.86. The Bertz CT molecular complexity index is 279. The predicted octanol–water partition coefficient (Wildman–Crippen LogP) is 2.12. The third kappa shape index (κ3) is 3.01. The van der Waals surface area contributed by atoms with Crippen molar-refractivity contribution in [3.8, 4) is 0 Å². The van der Waals surface area contributed by atoms with Gasteiger partial charge < -0.3 is 9.80 Å². The van der Waals surface area contributed by atoms with Crippen LogP contribution in [0.4, 0.5) is 0 Å². The summed E-state index contributed by atoms with van der Waals surface area (Å²) in [6.07, 6.45) is 4.89. The molecule has 0 radical (unpaired) electrons. The lowest BCUT2D eigenvalue weighted by Crippen LogP contribution is -2.40. The summed E-state index contributed by atoms with van der Waals surface area (Å²) >= 11 is 0. The Kier molecular flexibility index (Phi) is 4.08. The van der Waals surface area contributed by atoms with Crippen molar-refractivity contribution in [2.75, 3.05) is 19.6 Å². The summed E-state index contributed by atoms with van der Waals surface area (Å²) in [6.45, 7) is 9.84. The first-order valence-corrected chi connectivity index (χ1v) is 7.09. The van der Waals surface area contributed by atoms with Crippen molar-refractivity contribution in [3.63, 3.8) is 0 Å². The Morgan fingerprint density at radius 1 is 1.35 bits per heavy atom. The van der Waals surface area contributed by atoms with Gasteiger partial charge in [0.2, 0.25) is 5.91 Å². The van der Waals surface area contributed by atoms with Crippen LogP contribution >= 0.6 is 0 Å². The first-order chi connectivity index (χ1) is 8.08. The molecule has 2 rings (SSSR count). The van der Waals surface area contributed by atoms with Crippen molar-refractivity contribution >= 4 is 5.91 Å². The summed E-state index contributed by atoms with van der Waals surface area (Å²) in [6, 6.07) is 1.13. The molecular formula is C14H26N2O. The van der Waals surface area contributed by atoms with E-state index in [0.717, 1.165) is 18.9 Å². The van der Waals surface area contributed by atoms with Gasteiger partial charge in [-0.25, -0.2) is 0 Å². The SMILES string of the molecule is CC(=O)N1CCCC1CC(C)N1CCC(C)C1. The van der Waals surface area contributed by atoms with Gasteiger partial charge >= 0.3 is 0 Å². The lowest BCUT2D eigenvalue weighted by molar-refractivity contribution is -0.129. The van der Waals surface area contributed by atoms with Crippen molar-refractivity contribution in [3.05, 3.63) is 0 Å². The number of carbonyl (C=O) groups excluding carboxylic acids is 1. The van der Waals surface area contributed by atoms with E-state index in [0.29, 0.717) is 12.1 Å². The van der Waals surface area contributed by atoms with E-state index in [1.165, 1.54) is 32.4 Å². The number of likely N-dealkylation sites (tertiary alicyclic amines) is 2. The van der Waals surface area contributed by atoms with Gasteiger partial charge in [0, 0.05) is 32.1 Å². The molecule has 2 saturated heterocycles. The van der Waals surface area contributed by atoms with Crippen molar-refractivity contribution < 1.29 is 4.79 Å². The van der Waals surface area contributed by atoms with E-state index in [4.69, 9.17) is 0 Å². The third-order valence-electron chi connectivity index (χ3n) is 4.47. The van der Waals surface area contributed by atoms with Crippen molar-refractivity contribution in [1.29, 1.82) is 0 Å². The Labute approximate surface area is 105 Å². The molecule has 2 heterocycles. The molecular weight excluding hydrogens is 212 g/mol. The van der Waals surface area contributed by atoms with E-state index in [2.05, 4.69) is 23.6 Å². The van der Waals surface area contributed by atoms with E-state index in [9.17, 15) is 4.79 Å². The van der Waals surface area contributed by atoms with Gasteiger partial charge in [-0.2, -0.15) is 0 Å². The van der Waals surface area contributed by atoms with Crippen LogP contribution in [0, 0.1) is 5.92 Å². The van der Waals surface area contributed by atoms with Gasteiger partial charge in [-0.15, -0.1) is 0 Å². The molecule has 0 saturated carbocycles. The molecule has 17 heavy (non-hydrogen) atoms. The van der Waals surface area contributed by atoms with Crippen molar-refractivity contribution in [1.82, 2.24) is 9.80 Å². The summed E-state index contributed by atoms with van der Waals surface area (Å²) in [5, 5.41) is 0. The summed E-state index contributed by atoms with van der Waals surface area (Å²) in [7, 11) is 0. The summed E-state index contributed by atoms with van der Waals surface area (Å²) in [4.78, 5) is 16.2. The Balaban J connectivity index is 1.85. The minimum Gasteiger partial charge on any atom is -0.340 e. The first-order valence-electron chi connectivity index (χ1n) is 7.09. The molecule has 0 spiro atoms. The topological polar surface area (TPSA) is 23.6 Å². The second-order valence-corrected chi connectivity index (χ2v) is 5.98. The maximum absolute atomic E-state index is 11.5. The highest BCUT2D eigenvalue weighted by atomic mass is 16.2. The van der Waals surface area contributed by atoms with Crippen LogP contribution in [0.3, 0.4) is 0 Å². The fourth-order valence-electron chi connectivity index (χ4n) is 3.41. The van der Waals surface area contributed by atoms with Crippen LogP contribution in [-0.4, -0.2) is 47.4 Å². The lowest BCUT2D eigenvalue weighted by atomic mass is 10.0. The van der Waals surface area contributed by atoms with Gasteiger partial charge in [-0.1, -0.05) is 6.92 Å². The molecule has 3 nitrogen and oxygen atoms in total. The maximum atomic E-state index is 11.5. The zero-order valence-corrected chi connectivity index (χ0v) is 11.5. The smallest absolute Gasteiger partial charge is 0.219 e. The van der Waals surface area contributed by atoms with Gasteiger partial charge in [-0.3, -0.25) is 4.79 Å². The Morgan fingerprint density at radius 3 is 2.71 bits per heavy atom. The van der Waals surface area contributed by atoms with Crippen molar-refractivity contribution in [2.45, 2.75) is 58.5 Å². The number of hydrogen-bond donors (Lipinski definition) is 0. The van der Waals surface area contributed by atoms with Crippen LogP contribution < -0.4 is 0 Å². The highest BCUT2D eigenvalue weighted by Crippen LogP contribution is 2.25. The summed E-state index contributed by atoms with van der Waals surface area (Å²) < 4.78 is 0. The zero-order chi connectivity index (χ0) is 12.4. The van der Waals surface area contributed by atoms with Gasteiger partial charge in [0.25, 0.3) is 0 Å². The van der Waals surface area contributed by atoms with Crippen LogP contribution in [0.15, 0.2) is 0 Å². The lowest BCUT2D eigenvalue weighted by Gasteiger charge is -2.30. The zero-order valence-electron chi connectivity index (χ0n) is 11.5. The molecule has 3 atom stereocenters. The Morgan fingerprint density at radius 2 is 2.12 bits per heavy atom. The van der Waals surface area contributed by atoms with Crippen LogP contribution in [0.25, 0.3) is 0 Å². The minimum absolute atomic E-state index is 0.259. The highest BCUT2D eigenvalue weighted by molar-refractivity contribution is 5.73. The Hall–Kier alpha value is -0.570. The normalized spacial score (nSPS) is 32.1. The highest BCUT2D eigenvalue weighted by Gasteiger charge is 2.31. The van der Waals surface area contributed by atoms with E-state index in [-0.39, 0.29) is 5.91 Å². The number of nitrogens with zero attached hydrogens (tertiary/aromatic N) is 2. The molecule has 3 heteroatoms. The number of hydrogen-bond acceptors (Lipinski definition) is 2. The van der Waals surface area contributed by atoms with Crippen LogP contribution in [0.5, 0.6) is 0 Å². The molecule has 0 bridgehead atoms. The largest absolute Gasteiger partial charge is 0.340 e. The minimum atomic E-state index is 0.259. The molecule has 2 aliphatic heterocycles. The second-order valence-electron chi connectivity index (χ2n) is 5.98. The molecule has 2 aliphatic rings. The first kappa shape index (κ1) is 12.9. The fraction of sp³-hybridized carbons (Fsp3) is 0.929. The predicted molar refractivity (Wildman–Crippen MR) is 69.8 cm³/mol. The average molecular weight is 238 g/mol. The van der Waals surface area contributed by atoms with Crippen molar-refractivity contribution in [2.24, 2.45) is 5.92 Å². The van der Waals surface area contributed by atoms with Gasteiger partial charge in [0.1, 0.15) is 0 Å². The molecule has 3 unspecified atom stereocenters. The standard InChI is InChI=1S/C14H26N2O/c1-11-6-8-15(10-11)12(2)9-14-5-4-7-16(14)13(3)17/h11-12,14H,4-10H2,1-3H3. The molecule has 1 amide bonds. The fourth-order valence-corrected chi connectivity index (χ4v) is 3.41. The maximum Gasteiger partial charge on any atom is 0.219 e. The molecule has 0 N–H and O–H groups in total. The molecule has 0 aliphatic carbocycles. The monoisotopic (exact) mass is 238 g/mol. The summed E-state index contributed by atoms with van der Waals surface area (Å²) in [5.74, 6) is 1.11. The molecule has 98 valence electrons. The number of amides is 1. The van der Waals surface area contributed by atoms with Gasteiger partial charge in [0.05, 0.1) is 0 Å². The number of carbonyl (C=O) groups is 1. The summed E-state index contributed by atoms with van der Waals surface area (Å²) in [5.41, 5.74) is 0. The number of rotatable bonds is 3. The van der Waals surface area contributed by atoms with Crippen LogP contribution in [-0.2, 0) is 4.79 Å².